The van der Waals surface area contributed by atoms with Gasteiger partial charge in [0.15, 0.2) is 0 Å². The lowest BCUT2D eigenvalue weighted by Gasteiger charge is -2.33. The molecule has 2 fully saturated rings. The van der Waals surface area contributed by atoms with Crippen LogP contribution in [0.25, 0.3) is 0 Å². The summed E-state index contributed by atoms with van der Waals surface area (Å²) in [7, 11) is 1.80. The highest BCUT2D eigenvalue weighted by atomic mass is 16.1. The van der Waals surface area contributed by atoms with Crippen LogP contribution in [0.15, 0.2) is 12.1 Å². The molecule has 1 aromatic rings. The van der Waals surface area contributed by atoms with Gasteiger partial charge in [-0.1, -0.05) is 33.1 Å². The lowest BCUT2D eigenvalue weighted by molar-refractivity contribution is -0.115. The summed E-state index contributed by atoms with van der Waals surface area (Å²) in [6.45, 7) is 9.63. The van der Waals surface area contributed by atoms with Crippen LogP contribution >= 0.6 is 0 Å². The van der Waals surface area contributed by atoms with E-state index in [4.69, 9.17) is 10.4 Å². The van der Waals surface area contributed by atoms with Gasteiger partial charge in [0.1, 0.15) is 17.3 Å². The molecule has 7 heteroatoms. The summed E-state index contributed by atoms with van der Waals surface area (Å²) in [6, 6.07) is 3.98. The zero-order valence-electron chi connectivity index (χ0n) is 19.5. The summed E-state index contributed by atoms with van der Waals surface area (Å²) in [5.74, 6) is 1.89. The number of nitrogens with one attached hydrogen (secondary N) is 3. The largest absolute Gasteiger partial charge is 0.373 e. The fraction of sp³-hybridized carbons (Fsp3) is 0.708. The van der Waals surface area contributed by atoms with Crippen molar-refractivity contribution in [2.24, 2.45) is 5.92 Å². The molecule has 31 heavy (non-hydrogen) atoms. The molecule has 1 amide bonds. The van der Waals surface area contributed by atoms with Crippen LogP contribution in [0.1, 0.15) is 64.4 Å². The molecule has 0 unspecified atom stereocenters. The second-order valence-corrected chi connectivity index (χ2v) is 9.39. The first-order valence-corrected chi connectivity index (χ1v) is 12.0. The Hall–Kier alpha value is -2.15. The molecule has 0 aromatic carbocycles. The zero-order chi connectivity index (χ0) is 22.2. The van der Waals surface area contributed by atoms with Gasteiger partial charge in [0.05, 0.1) is 0 Å². The molecule has 7 nitrogen and oxygen atoms in total. The SMILES string of the molecule is CNc1nc(N2CCCCCCC2)ccc1C(=N)C(=O)NC1CCN(CC(C)C)CC1. The second kappa shape index (κ2) is 11.5. The van der Waals surface area contributed by atoms with Crippen molar-refractivity contribution in [3.8, 4) is 0 Å². The Morgan fingerprint density at radius 1 is 1.10 bits per heavy atom. The van der Waals surface area contributed by atoms with Crippen LogP contribution in [0.2, 0.25) is 0 Å². The molecule has 172 valence electrons. The number of piperidine rings is 1. The monoisotopic (exact) mass is 428 g/mol. The predicted octanol–water partition coefficient (Wildman–Crippen LogP) is 3.50. The molecular formula is C24H40N6O. The molecule has 2 saturated heterocycles. The number of pyridine rings is 1. The van der Waals surface area contributed by atoms with Crippen LogP contribution in [-0.2, 0) is 4.79 Å². The van der Waals surface area contributed by atoms with Gasteiger partial charge in [0.2, 0.25) is 0 Å². The highest BCUT2D eigenvalue weighted by molar-refractivity contribution is 6.45. The number of hydrogen-bond acceptors (Lipinski definition) is 6. The van der Waals surface area contributed by atoms with E-state index in [1.54, 1.807) is 7.05 Å². The molecule has 0 spiro atoms. The molecular weight excluding hydrogens is 388 g/mol. The minimum absolute atomic E-state index is 0.0133. The Morgan fingerprint density at radius 2 is 1.74 bits per heavy atom. The first-order valence-electron chi connectivity index (χ1n) is 12.0. The molecule has 0 radical (unpaired) electrons. The Morgan fingerprint density at radius 3 is 2.35 bits per heavy atom. The van der Waals surface area contributed by atoms with E-state index in [0.29, 0.717) is 17.3 Å². The molecule has 2 aliphatic rings. The maximum Gasteiger partial charge on any atom is 0.270 e. The van der Waals surface area contributed by atoms with Gasteiger partial charge in [0, 0.05) is 51.4 Å². The van der Waals surface area contributed by atoms with Crippen molar-refractivity contribution in [2.75, 3.05) is 50.0 Å². The first kappa shape index (κ1) is 23.5. The van der Waals surface area contributed by atoms with E-state index in [0.717, 1.165) is 51.4 Å². The van der Waals surface area contributed by atoms with Crippen LogP contribution in [0.4, 0.5) is 11.6 Å². The number of carbonyl (C=O) groups is 1. The number of hydrogen-bond donors (Lipinski definition) is 3. The van der Waals surface area contributed by atoms with E-state index in [2.05, 4.69) is 34.3 Å². The van der Waals surface area contributed by atoms with Gasteiger partial charge in [-0.2, -0.15) is 0 Å². The molecule has 0 aliphatic carbocycles. The minimum atomic E-state index is -0.306. The van der Waals surface area contributed by atoms with E-state index in [1.165, 1.54) is 32.1 Å². The lowest BCUT2D eigenvalue weighted by Crippen LogP contribution is -2.47. The quantitative estimate of drug-likeness (QED) is 0.579. The number of rotatable bonds is 7. The summed E-state index contributed by atoms with van der Waals surface area (Å²) < 4.78 is 0. The van der Waals surface area contributed by atoms with Gasteiger partial charge in [0.25, 0.3) is 5.91 Å². The Kier molecular flexibility index (Phi) is 8.69. The Labute approximate surface area is 187 Å². The molecule has 0 atom stereocenters. The van der Waals surface area contributed by atoms with Gasteiger partial charge in [-0.15, -0.1) is 0 Å². The van der Waals surface area contributed by atoms with Crippen LogP contribution in [0.5, 0.6) is 0 Å². The molecule has 1 aromatic heterocycles. The van der Waals surface area contributed by atoms with E-state index in [1.807, 2.05) is 12.1 Å². The fourth-order valence-corrected chi connectivity index (χ4v) is 4.65. The van der Waals surface area contributed by atoms with E-state index < -0.39 is 0 Å². The third-order valence-electron chi connectivity index (χ3n) is 6.34. The minimum Gasteiger partial charge on any atom is -0.373 e. The standard InChI is InChI=1S/C24H40N6O/c1-18(2)17-29-15-11-19(12-16-29)27-24(31)22(25)20-9-10-21(28-23(20)26-3)30-13-7-5-4-6-8-14-30/h9-10,18-19,25H,4-8,11-17H2,1-3H3,(H,26,28)(H,27,31). The summed E-state index contributed by atoms with van der Waals surface area (Å²) in [5.41, 5.74) is 0.550. The first-order chi connectivity index (χ1) is 15.0. The summed E-state index contributed by atoms with van der Waals surface area (Å²) in [5, 5.41) is 14.7. The van der Waals surface area contributed by atoms with Crippen molar-refractivity contribution < 1.29 is 4.79 Å². The maximum atomic E-state index is 12.8. The predicted molar refractivity (Wildman–Crippen MR) is 128 cm³/mol. The lowest BCUT2D eigenvalue weighted by atomic mass is 10.0. The zero-order valence-corrected chi connectivity index (χ0v) is 19.5. The van der Waals surface area contributed by atoms with Crippen LogP contribution in [0, 0.1) is 11.3 Å². The van der Waals surface area contributed by atoms with Crippen LogP contribution in [-0.4, -0.2) is 67.3 Å². The Bertz CT molecular complexity index is 734. The maximum absolute atomic E-state index is 12.8. The molecule has 3 N–H and O–H groups in total. The number of anilines is 2. The highest BCUT2D eigenvalue weighted by Gasteiger charge is 2.24. The Balaban J connectivity index is 1.60. The van der Waals surface area contributed by atoms with Gasteiger partial charge in [-0.25, -0.2) is 4.98 Å². The van der Waals surface area contributed by atoms with Crippen molar-refractivity contribution in [3.63, 3.8) is 0 Å². The van der Waals surface area contributed by atoms with Gasteiger partial charge < -0.3 is 20.4 Å². The van der Waals surface area contributed by atoms with E-state index >= 15 is 0 Å². The molecule has 0 saturated carbocycles. The average Bonchev–Trinajstić information content (AvgIpc) is 2.73. The fourth-order valence-electron chi connectivity index (χ4n) is 4.65. The number of likely N-dealkylation sites (tertiary alicyclic amines) is 1. The number of aromatic nitrogens is 1. The smallest absolute Gasteiger partial charge is 0.270 e. The van der Waals surface area contributed by atoms with Crippen LogP contribution in [0.3, 0.4) is 0 Å². The van der Waals surface area contributed by atoms with Gasteiger partial charge in [-0.3, -0.25) is 10.2 Å². The summed E-state index contributed by atoms with van der Waals surface area (Å²) in [6.07, 6.45) is 8.13. The van der Waals surface area contributed by atoms with Gasteiger partial charge >= 0.3 is 0 Å². The number of amides is 1. The van der Waals surface area contributed by atoms with Crippen molar-refractivity contribution in [3.05, 3.63) is 17.7 Å². The molecule has 0 bridgehead atoms. The molecule has 3 heterocycles. The van der Waals surface area contributed by atoms with E-state index in [9.17, 15) is 4.79 Å². The highest BCUT2D eigenvalue weighted by Crippen LogP contribution is 2.22. The third-order valence-corrected chi connectivity index (χ3v) is 6.34. The van der Waals surface area contributed by atoms with Crippen molar-refractivity contribution in [1.82, 2.24) is 15.2 Å². The third kappa shape index (κ3) is 6.66. The van der Waals surface area contributed by atoms with Crippen LogP contribution < -0.4 is 15.5 Å². The normalized spacial score (nSPS) is 19.0. The second-order valence-electron chi connectivity index (χ2n) is 9.39. The number of carbonyl (C=O) groups excluding carboxylic acids is 1. The van der Waals surface area contributed by atoms with Crippen molar-refractivity contribution >= 4 is 23.3 Å². The average molecular weight is 429 g/mol. The van der Waals surface area contributed by atoms with Crippen molar-refractivity contribution in [1.29, 1.82) is 5.41 Å². The van der Waals surface area contributed by atoms with Crippen molar-refractivity contribution in [2.45, 2.75) is 64.8 Å². The topological polar surface area (TPSA) is 84.4 Å². The van der Waals surface area contributed by atoms with E-state index in [-0.39, 0.29) is 17.7 Å². The summed E-state index contributed by atoms with van der Waals surface area (Å²) in [4.78, 5) is 22.4. The molecule has 3 rings (SSSR count). The summed E-state index contributed by atoms with van der Waals surface area (Å²) >= 11 is 0. The molecule has 2 aliphatic heterocycles. The number of nitrogens with zero attached hydrogens (tertiary/aromatic N) is 3. The van der Waals surface area contributed by atoms with Gasteiger partial charge in [-0.05, 0) is 43.7 Å².